The highest BCUT2D eigenvalue weighted by atomic mass is 15.3. The number of aryl methyl sites for hydroxylation is 1. The molecule has 0 bridgehead atoms. The van der Waals surface area contributed by atoms with E-state index in [0.29, 0.717) is 12.6 Å². The normalized spacial score (nSPS) is 13.2. The van der Waals surface area contributed by atoms with Crippen molar-refractivity contribution in [1.82, 2.24) is 15.1 Å². The highest BCUT2D eigenvalue weighted by molar-refractivity contribution is 5.15. The van der Waals surface area contributed by atoms with Gasteiger partial charge in [-0.2, -0.15) is 5.10 Å². The molecule has 1 heterocycles. The van der Waals surface area contributed by atoms with E-state index in [9.17, 15) is 0 Å². The van der Waals surface area contributed by atoms with Crippen molar-refractivity contribution in [3.05, 3.63) is 17.5 Å². The first-order valence-electron chi connectivity index (χ1n) is 4.56. The quantitative estimate of drug-likeness (QED) is 0.697. The molecule has 0 aromatic carbocycles. The lowest BCUT2D eigenvalue weighted by molar-refractivity contribution is 0.555. The predicted octanol–water partition coefficient (Wildman–Crippen LogP) is 0.165. The third-order valence-electron chi connectivity index (χ3n) is 2.33. The van der Waals surface area contributed by atoms with Gasteiger partial charge in [0, 0.05) is 37.4 Å². The molecule has 13 heavy (non-hydrogen) atoms. The zero-order chi connectivity index (χ0) is 9.84. The van der Waals surface area contributed by atoms with Crippen molar-refractivity contribution in [3.63, 3.8) is 0 Å². The van der Waals surface area contributed by atoms with Gasteiger partial charge < -0.3 is 11.1 Å². The molecule has 4 heteroatoms. The van der Waals surface area contributed by atoms with Crippen LogP contribution in [0.4, 0.5) is 0 Å². The van der Waals surface area contributed by atoms with Crippen LogP contribution in [-0.2, 0) is 13.6 Å². The van der Waals surface area contributed by atoms with Gasteiger partial charge >= 0.3 is 0 Å². The molecule has 1 atom stereocenters. The molecule has 0 spiro atoms. The minimum atomic E-state index is 0.361. The van der Waals surface area contributed by atoms with Crippen LogP contribution in [0.5, 0.6) is 0 Å². The lowest BCUT2D eigenvalue weighted by Gasteiger charge is -2.10. The molecular weight excluding hydrogens is 164 g/mol. The van der Waals surface area contributed by atoms with Crippen LogP contribution in [-0.4, -0.2) is 22.4 Å². The van der Waals surface area contributed by atoms with Gasteiger partial charge in [0.25, 0.3) is 0 Å². The number of aromatic nitrogens is 2. The number of nitrogens with two attached hydrogens (primary N) is 1. The maximum Gasteiger partial charge on any atom is 0.0537 e. The summed E-state index contributed by atoms with van der Waals surface area (Å²) in [4.78, 5) is 0. The SMILES string of the molecule is Cc1c(CN[C@@H](C)CN)cnn1C. The molecule has 1 aromatic rings. The average Bonchev–Trinajstić information content (AvgIpc) is 2.44. The molecule has 0 aliphatic rings. The standard InChI is InChI=1S/C9H18N4/c1-7(4-10)11-5-9-6-12-13(3)8(9)2/h6-7,11H,4-5,10H2,1-3H3/t7-/m0/s1. The van der Waals surface area contributed by atoms with Crippen LogP contribution in [0.3, 0.4) is 0 Å². The molecule has 0 unspecified atom stereocenters. The van der Waals surface area contributed by atoms with Crippen molar-refractivity contribution >= 4 is 0 Å². The highest BCUT2D eigenvalue weighted by Crippen LogP contribution is 2.04. The molecule has 0 aliphatic carbocycles. The van der Waals surface area contributed by atoms with E-state index in [1.54, 1.807) is 0 Å². The monoisotopic (exact) mass is 182 g/mol. The van der Waals surface area contributed by atoms with Gasteiger partial charge in [-0.05, 0) is 13.8 Å². The summed E-state index contributed by atoms with van der Waals surface area (Å²) in [6, 6.07) is 0.361. The van der Waals surface area contributed by atoms with Gasteiger partial charge in [-0.3, -0.25) is 4.68 Å². The first-order chi connectivity index (χ1) is 6.15. The fraction of sp³-hybridized carbons (Fsp3) is 0.667. The van der Waals surface area contributed by atoms with E-state index in [1.165, 1.54) is 11.3 Å². The summed E-state index contributed by atoms with van der Waals surface area (Å²) >= 11 is 0. The molecule has 0 saturated carbocycles. The van der Waals surface area contributed by atoms with Gasteiger partial charge in [0.15, 0.2) is 0 Å². The summed E-state index contributed by atoms with van der Waals surface area (Å²) in [5.74, 6) is 0. The summed E-state index contributed by atoms with van der Waals surface area (Å²) in [5.41, 5.74) is 7.94. The highest BCUT2D eigenvalue weighted by Gasteiger charge is 2.04. The van der Waals surface area contributed by atoms with Crippen molar-refractivity contribution in [2.24, 2.45) is 12.8 Å². The lowest BCUT2D eigenvalue weighted by atomic mass is 10.2. The Morgan fingerprint density at radius 2 is 2.38 bits per heavy atom. The molecule has 3 N–H and O–H groups in total. The first kappa shape index (κ1) is 10.2. The molecule has 0 fully saturated rings. The molecule has 1 rings (SSSR count). The predicted molar refractivity (Wildman–Crippen MR) is 53.3 cm³/mol. The van der Waals surface area contributed by atoms with Gasteiger partial charge in [0.2, 0.25) is 0 Å². The number of hydrogen-bond acceptors (Lipinski definition) is 3. The fourth-order valence-corrected chi connectivity index (χ4v) is 1.09. The summed E-state index contributed by atoms with van der Waals surface area (Å²) in [6.07, 6.45) is 1.89. The smallest absolute Gasteiger partial charge is 0.0537 e. The Labute approximate surface area is 79.1 Å². The van der Waals surface area contributed by atoms with E-state index in [1.807, 2.05) is 17.9 Å². The maximum absolute atomic E-state index is 5.50. The van der Waals surface area contributed by atoms with Crippen LogP contribution in [0.1, 0.15) is 18.2 Å². The van der Waals surface area contributed by atoms with E-state index in [4.69, 9.17) is 5.73 Å². The number of nitrogens with zero attached hydrogens (tertiary/aromatic N) is 2. The zero-order valence-electron chi connectivity index (χ0n) is 8.54. The average molecular weight is 182 g/mol. The molecule has 0 amide bonds. The van der Waals surface area contributed by atoms with E-state index < -0.39 is 0 Å². The Balaban J connectivity index is 2.50. The Morgan fingerprint density at radius 1 is 1.69 bits per heavy atom. The van der Waals surface area contributed by atoms with E-state index in [-0.39, 0.29) is 0 Å². The summed E-state index contributed by atoms with van der Waals surface area (Å²) < 4.78 is 1.88. The van der Waals surface area contributed by atoms with Gasteiger partial charge in [-0.15, -0.1) is 0 Å². The van der Waals surface area contributed by atoms with Crippen LogP contribution in [0.15, 0.2) is 6.20 Å². The van der Waals surface area contributed by atoms with Crippen LogP contribution >= 0.6 is 0 Å². The summed E-state index contributed by atoms with van der Waals surface area (Å²) in [6.45, 7) is 5.65. The van der Waals surface area contributed by atoms with Gasteiger partial charge in [0.05, 0.1) is 6.20 Å². The summed E-state index contributed by atoms with van der Waals surface area (Å²) in [7, 11) is 1.95. The van der Waals surface area contributed by atoms with Gasteiger partial charge in [-0.25, -0.2) is 0 Å². The maximum atomic E-state index is 5.50. The van der Waals surface area contributed by atoms with Crippen molar-refractivity contribution in [3.8, 4) is 0 Å². The van der Waals surface area contributed by atoms with Gasteiger partial charge in [0.1, 0.15) is 0 Å². The Kier molecular flexibility index (Phi) is 3.45. The van der Waals surface area contributed by atoms with Gasteiger partial charge in [-0.1, -0.05) is 0 Å². The third kappa shape index (κ3) is 2.54. The zero-order valence-corrected chi connectivity index (χ0v) is 8.54. The number of nitrogens with one attached hydrogen (secondary N) is 1. The molecule has 4 nitrogen and oxygen atoms in total. The third-order valence-corrected chi connectivity index (χ3v) is 2.33. The minimum Gasteiger partial charge on any atom is -0.329 e. The Hall–Kier alpha value is -0.870. The molecule has 74 valence electrons. The first-order valence-corrected chi connectivity index (χ1v) is 4.56. The van der Waals surface area contributed by atoms with Crippen LogP contribution in [0.2, 0.25) is 0 Å². The second-order valence-corrected chi connectivity index (χ2v) is 3.40. The van der Waals surface area contributed by atoms with Crippen molar-refractivity contribution in [1.29, 1.82) is 0 Å². The molecule has 0 radical (unpaired) electrons. The van der Waals surface area contributed by atoms with E-state index in [0.717, 1.165) is 6.54 Å². The Morgan fingerprint density at radius 3 is 2.85 bits per heavy atom. The molecule has 0 saturated heterocycles. The topological polar surface area (TPSA) is 55.9 Å². The van der Waals surface area contributed by atoms with Crippen LogP contribution in [0.25, 0.3) is 0 Å². The van der Waals surface area contributed by atoms with Crippen molar-refractivity contribution < 1.29 is 0 Å². The van der Waals surface area contributed by atoms with E-state index >= 15 is 0 Å². The minimum absolute atomic E-state index is 0.361. The largest absolute Gasteiger partial charge is 0.329 e. The Bertz CT molecular complexity index is 267. The second-order valence-electron chi connectivity index (χ2n) is 3.40. The number of rotatable bonds is 4. The van der Waals surface area contributed by atoms with Crippen molar-refractivity contribution in [2.75, 3.05) is 6.54 Å². The molecule has 1 aromatic heterocycles. The van der Waals surface area contributed by atoms with Crippen LogP contribution in [0, 0.1) is 6.92 Å². The summed E-state index contributed by atoms with van der Waals surface area (Å²) in [5, 5.41) is 7.49. The second kappa shape index (κ2) is 4.39. The van der Waals surface area contributed by atoms with Crippen molar-refractivity contribution in [2.45, 2.75) is 26.4 Å². The number of hydrogen-bond donors (Lipinski definition) is 2. The lowest BCUT2D eigenvalue weighted by Crippen LogP contribution is -2.32. The van der Waals surface area contributed by atoms with Crippen LogP contribution < -0.4 is 11.1 Å². The fourth-order valence-electron chi connectivity index (χ4n) is 1.09. The molecule has 0 aliphatic heterocycles. The molecular formula is C9H18N4. The van der Waals surface area contributed by atoms with E-state index in [2.05, 4.69) is 24.3 Å².